The number of rotatable bonds is 5. The van der Waals surface area contributed by atoms with E-state index in [1.165, 1.54) is 25.7 Å². The molecule has 0 aromatic carbocycles. The van der Waals surface area contributed by atoms with Crippen LogP contribution >= 0.6 is 0 Å². The van der Waals surface area contributed by atoms with Crippen molar-refractivity contribution in [2.75, 3.05) is 5.32 Å². The first-order chi connectivity index (χ1) is 9.33. The van der Waals surface area contributed by atoms with Crippen LogP contribution in [0.5, 0.6) is 0 Å². The predicted octanol–water partition coefficient (Wildman–Crippen LogP) is 2.70. The molecule has 1 saturated carbocycles. The minimum atomic E-state index is 0.330. The molecule has 1 N–H and O–H groups in total. The highest BCUT2D eigenvalue weighted by atomic mass is 15.2. The molecule has 2 heterocycles. The van der Waals surface area contributed by atoms with Gasteiger partial charge in [-0.05, 0) is 19.8 Å². The van der Waals surface area contributed by atoms with Crippen molar-refractivity contribution in [3.8, 4) is 0 Å². The van der Waals surface area contributed by atoms with Crippen molar-refractivity contribution >= 4 is 5.95 Å². The van der Waals surface area contributed by atoms with Crippen LogP contribution in [0.3, 0.4) is 0 Å². The summed E-state index contributed by atoms with van der Waals surface area (Å²) in [6.45, 7) is 3.07. The first-order valence-electron chi connectivity index (χ1n) is 7.08. The van der Waals surface area contributed by atoms with E-state index in [0.717, 1.165) is 12.5 Å². The third-order valence-corrected chi connectivity index (χ3v) is 3.81. The summed E-state index contributed by atoms with van der Waals surface area (Å²) in [6.07, 6.45) is 14.9. The molecule has 0 spiro atoms. The second kappa shape index (κ2) is 5.47. The van der Waals surface area contributed by atoms with Crippen LogP contribution in [0.15, 0.2) is 31.1 Å². The molecule has 102 valence electrons. The fourth-order valence-electron chi connectivity index (χ4n) is 2.88. The molecule has 1 atom stereocenters. The van der Waals surface area contributed by atoms with Crippen LogP contribution in [0, 0.1) is 0 Å². The molecule has 1 fully saturated rings. The molecule has 0 radical (unpaired) electrons. The van der Waals surface area contributed by atoms with E-state index in [9.17, 15) is 0 Å². The zero-order valence-corrected chi connectivity index (χ0v) is 11.4. The van der Waals surface area contributed by atoms with E-state index in [0.29, 0.717) is 12.1 Å². The van der Waals surface area contributed by atoms with E-state index < -0.39 is 0 Å². The van der Waals surface area contributed by atoms with Crippen molar-refractivity contribution < 1.29 is 0 Å². The van der Waals surface area contributed by atoms with E-state index in [1.54, 1.807) is 0 Å². The largest absolute Gasteiger partial charge is 0.351 e. The minimum absolute atomic E-state index is 0.330. The standard InChI is InChI=1S/C14H21N5/c1-12(10-18-8-6-15-11-18)17-14-16-7-9-19(14)13-4-2-3-5-13/h6-9,11-13H,2-5,10H2,1H3,(H,16,17). The number of anilines is 1. The van der Waals surface area contributed by atoms with Gasteiger partial charge in [0, 0.05) is 43.4 Å². The Balaban J connectivity index is 1.64. The van der Waals surface area contributed by atoms with Gasteiger partial charge in [0.05, 0.1) is 6.33 Å². The lowest BCUT2D eigenvalue weighted by Crippen LogP contribution is -2.24. The number of hydrogen-bond donors (Lipinski definition) is 1. The van der Waals surface area contributed by atoms with Gasteiger partial charge in [-0.1, -0.05) is 12.8 Å². The molecule has 2 aromatic rings. The Bertz CT molecular complexity index is 496. The highest BCUT2D eigenvalue weighted by molar-refractivity contribution is 5.28. The monoisotopic (exact) mass is 259 g/mol. The molecular weight excluding hydrogens is 238 g/mol. The number of aromatic nitrogens is 4. The quantitative estimate of drug-likeness (QED) is 0.898. The van der Waals surface area contributed by atoms with Crippen molar-refractivity contribution in [2.24, 2.45) is 0 Å². The summed E-state index contributed by atoms with van der Waals surface area (Å²) in [6, 6.07) is 0.960. The number of nitrogens with one attached hydrogen (secondary N) is 1. The first kappa shape index (κ1) is 12.3. The van der Waals surface area contributed by atoms with Crippen LogP contribution in [0.25, 0.3) is 0 Å². The molecule has 0 aliphatic heterocycles. The van der Waals surface area contributed by atoms with Crippen molar-refractivity contribution in [1.29, 1.82) is 0 Å². The van der Waals surface area contributed by atoms with Gasteiger partial charge in [-0.3, -0.25) is 0 Å². The third-order valence-electron chi connectivity index (χ3n) is 3.81. The molecule has 0 amide bonds. The van der Waals surface area contributed by atoms with Gasteiger partial charge in [-0.15, -0.1) is 0 Å². The Hall–Kier alpha value is -1.78. The average molecular weight is 259 g/mol. The molecule has 1 aliphatic carbocycles. The number of imidazole rings is 2. The van der Waals surface area contributed by atoms with Gasteiger partial charge in [0.2, 0.25) is 5.95 Å². The molecule has 1 unspecified atom stereocenters. The van der Waals surface area contributed by atoms with E-state index in [2.05, 4.69) is 37.5 Å². The topological polar surface area (TPSA) is 47.7 Å². The average Bonchev–Trinajstić information content (AvgIpc) is 3.09. The Morgan fingerprint density at radius 3 is 2.89 bits per heavy atom. The Morgan fingerprint density at radius 1 is 1.32 bits per heavy atom. The highest BCUT2D eigenvalue weighted by Crippen LogP contribution is 2.31. The summed E-state index contributed by atoms with van der Waals surface area (Å²) >= 11 is 0. The Morgan fingerprint density at radius 2 is 2.16 bits per heavy atom. The zero-order valence-electron chi connectivity index (χ0n) is 11.4. The highest BCUT2D eigenvalue weighted by Gasteiger charge is 2.19. The second-order valence-electron chi connectivity index (χ2n) is 5.40. The minimum Gasteiger partial charge on any atom is -0.351 e. The molecule has 3 rings (SSSR count). The summed E-state index contributed by atoms with van der Waals surface area (Å²) in [5.74, 6) is 1.000. The molecule has 5 nitrogen and oxygen atoms in total. The number of hydrogen-bond acceptors (Lipinski definition) is 3. The third kappa shape index (κ3) is 2.80. The summed E-state index contributed by atoms with van der Waals surface area (Å²) in [5, 5.41) is 3.51. The van der Waals surface area contributed by atoms with Crippen molar-refractivity contribution in [1.82, 2.24) is 19.1 Å². The lowest BCUT2D eigenvalue weighted by molar-refractivity contribution is 0.516. The maximum Gasteiger partial charge on any atom is 0.203 e. The van der Waals surface area contributed by atoms with Gasteiger partial charge < -0.3 is 14.5 Å². The second-order valence-corrected chi connectivity index (χ2v) is 5.40. The lowest BCUT2D eigenvalue weighted by atomic mass is 10.2. The molecule has 0 saturated heterocycles. The molecule has 0 bridgehead atoms. The summed E-state index contributed by atoms with van der Waals surface area (Å²) in [4.78, 5) is 8.52. The van der Waals surface area contributed by atoms with Crippen molar-refractivity contribution in [3.05, 3.63) is 31.1 Å². The van der Waals surface area contributed by atoms with Gasteiger partial charge in [-0.2, -0.15) is 0 Å². The molecule has 19 heavy (non-hydrogen) atoms. The molecule has 1 aliphatic rings. The van der Waals surface area contributed by atoms with E-state index >= 15 is 0 Å². The molecule has 2 aromatic heterocycles. The van der Waals surface area contributed by atoms with Gasteiger partial charge in [0.15, 0.2) is 0 Å². The number of nitrogens with zero attached hydrogens (tertiary/aromatic N) is 4. The Kier molecular flexibility index (Phi) is 3.53. The van der Waals surface area contributed by atoms with Gasteiger partial charge in [0.1, 0.15) is 0 Å². The van der Waals surface area contributed by atoms with E-state index in [-0.39, 0.29) is 0 Å². The molecular formula is C14H21N5. The Labute approximate surface area is 113 Å². The fourth-order valence-corrected chi connectivity index (χ4v) is 2.88. The van der Waals surface area contributed by atoms with Crippen LogP contribution in [0.2, 0.25) is 0 Å². The van der Waals surface area contributed by atoms with Crippen LogP contribution < -0.4 is 5.32 Å². The molecule has 5 heteroatoms. The smallest absolute Gasteiger partial charge is 0.203 e. The van der Waals surface area contributed by atoms with Gasteiger partial charge in [0.25, 0.3) is 0 Å². The van der Waals surface area contributed by atoms with Gasteiger partial charge >= 0.3 is 0 Å². The van der Waals surface area contributed by atoms with Crippen molar-refractivity contribution in [3.63, 3.8) is 0 Å². The zero-order chi connectivity index (χ0) is 13.1. The van der Waals surface area contributed by atoms with Crippen LogP contribution in [0.4, 0.5) is 5.95 Å². The maximum atomic E-state index is 4.46. The van der Waals surface area contributed by atoms with Crippen LogP contribution in [-0.2, 0) is 6.54 Å². The summed E-state index contributed by atoms with van der Waals surface area (Å²) in [5.41, 5.74) is 0. The SMILES string of the molecule is CC(Cn1ccnc1)Nc1nccn1C1CCCC1. The summed E-state index contributed by atoms with van der Waals surface area (Å²) in [7, 11) is 0. The maximum absolute atomic E-state index is 4.46. The van der Waals surface area contributed by atoms with Crippen molar-refractivity contribution in [2.45, 2.75) is 51.2 Å². The predicted molar refractivity (Wildman–Crippen MR) is 75.0 cm³/mol. The van der Waals surface area contributed by atoms with E-state index in [1.807, 2.05) is 24.9 Å². The lowest BCUT2D eigenvalue weighted by Gasteiger charge is -2.19. The normalized spacial score (nSPS) is 17.7. The van der Waals surface area contributed by atoms with Crippen LogP contribution in [0.1, 0.15) is 38.6 Å². The van der Waals surface area contributed by atoms with Gasteiger partial charge in [-0.25, -0.2) is 9.97 Å². The fraction of sp³-hybridized carbons (Fsp3) is 0.571. The van der Waals surface area contributed by atoms with Crippen LogP contribution in [-0.4, -0.2) is 25.1 Å². The van der Waals surface area contributed by atoms with E-state index in [4.69, 9.17) is 0 Å². The summed E-state index contributed by atoms with van der Waals surface area (Å²) < 4.78 is 4.39. The first-order valence-corrected chi connectivity index (χ1v) is 7.08.